The van der Waals surface area contributed by atoms with Gasteiger partial charge in [0.25, 0.3) is 0 Å². The summed E-state index contributed by atoms with van der Waals surface area (Å²) in [5.74, 6) is 1.03. The van der Waals surface area contributed by atoms with Crippen LogP contribution in [0, 0.1) is 0 Å². The van der Waals surface area contributed by atoms with Crippen LogP contribution >= 0.6 is 23.2 Å². The smallest absolute Gasteiger partial charge is 0.119 e. The number of hydrogen-bond acceptors (Lipinski definition) is 3. The fraction of sp³-hybridized carbons (Fsp3) is 0.143. The minimum Gasteiger partial charge on any atom is -0.493 e. The zero-order valence-corrected chi connectivity index (χ0v) is 12.8. The van der Waals surface area contributed by atoms with Crippen LogP contribution in [-0.4, -0.2) is 16.6 Å². The van der Waals surface area contributed by atoms with E-state index in [2.05, 4.69) is 0 Å². The van der Waals surface area contributed by atoms with Gasteiger partial charge in [0.15, 0.2) is 0 Å². The first kappa shape index (κ1) is 15.2. The number of ether oxygens (including phenoxy) is 1. The lowest BCUT2D eigenvalue weighted by atomic mass is 10.3. The molecule has 2 aromatic carbocycles. The van der Waals surface area contributed by atoms with Crippen molar-refractivity contribution in [2.45, 2.75) is 4.90 Å². The molecule has 6 heteroatoms. The topological polar surface area (TPSA) is 52.3 Å². The quantitative estimate of drug-likeness (QED) is 0.849. The highest BCUT2D eigenvalue weighted by atomic mass is 35.5. The predicted octanol–water partition coefficient (Wildman–Crippen LogP) is 3.76. The molecule has 0 radical (unpaired) electrons. The number of hydrogen-bond donors (Lipinski definition) is 1. The van der Waals surface area contributed by atoms with Gasteiger partial charge in [-0.15, -0.1) is 0 Å². The van der Waals surface area contributed by atoms with Crippen LogP contribution in [0.2, 0.25) is 10.0 Å². The lowest BCUT2D eigenvalue weighted by molar-refractivity contribution is 0.342. The third-order valence-corrected chi connectivity index (χ3v) is 4.60. The molecule has 106 valence electrons. The highest BCUT2D eigenvalue weighted by molar-refractivity contribution is 7.85. The molecule has 0 amide bonds. The molecule has 0 heterocycles. The van der Waals surface area contributed by atoms with Crippen molar-refractivity contribution in [3.63, 3.8) is 0 Å². The van der Waals surface area contributed by atoms with Crippen molar-refractivity contribution >= 4 is 39.7 Å². The molecule has 2 rings (SSSR count). The minimum atomic E-state index is -1.25. The number of halogens is 2. The van der Waals surface area contributed by atoms with E-state index in [1.165, 1.54) is 0 Å². The van der Waals surface area contributed by atoms with E-state index < -0.39 is 10.8 Å². The van der Waals surface area contributed by atoms with Crippen LogP contribution in [-0.2, 0) is 10.8 Å². The Morgan fingerprint density at radius 1 is 1.10 bits per heavy atom. The van der Waals surface area contributed by atoms with Gasteiger partial charge in [0.05, 0.1) is 26.5 Å². The Balaban J connectivity index is 1.92. The summed E-state index contributed by atoms with van der Waals surface area (Å²) in [6, 6.07) is 12.0. The van der Waals surface area contributed by atoms with Crippen molar-refractivity contribution in [3.05, 3.63) is 52.5 Å². The molecule has 0 saturated carbocycles. The maximum atomic E-state index is 12.1. The molecule has 2 N–H and O–H groups in total. The first-order valence-corrected chi connectivity index (χ1v) is 7.95. The van der Waals surface area contributed by atoms with Crippen LogP contribution in [0.4, 0.5) is 5.69 Å². The van der Waals surface area contributed by atoms with E-state index in [4.69, 9.17) is 33.7 Å². The van der Waals surface area contributed by atoms with E-state index in [1.54, 1.807) is 42.5 Å². The molecule has 0 spiro atoms. The van der Waals surface area contributed by atoms with E-state index in [0.717, 1.165) is 0 Å². The Bertz CT molecular complexity index is 617. The van der Waals surface area contributed by atoms with Gasteiger partial charge in [0.1, 0.15) is 12.4 Å². The summed E-state index contributed by atoms with van der Waals surface area (Å²) < 4.78 is 17.6. The van der Waals surface area contributed by atoms with E-state index >= 15 is 0 Å². The highest BCUT2D eigenvalue weighted by Crippen LogP contribution is 2.24. The van der Waals surface area contributed by atoms with Gasteiger partial charge in [0, 0.05) is 10.7 Å². The Morgan fingerprint density at radius 3 is 2.50 bits per heavy atom. The fourth-order valence-electron chi connectivity index (χ4n) is 1.56. The Labute approximate surface area is 130 Å². The molecule has 3 nitrogen and oxygen atoms in total. The summed E-state index contributed by atoms with van der Waals surface area (Å²) in [5.41, 5.74) is 6.25. The Kier molecular flexibility index (Phi) is 5.29. The maximum Gasteiger partial charge on any atom is 0.119 e. The van der Waals surface area contributed by atoms with Crippen LogP contribution in [0.1, 0.15) is 0 Å². The Hall–Kier alpha value is -1.23. The third kappa shape index (κ3) is 4.13. The van der Waals surface area contributed by atoms with Gasteiger partial charge in [0.2, 0.25) is 0 Å². The summed E-state index contributed by atoms with van der Waals surface area (Å²) in [6.45, 7) is 0.319. The van der Waals surface area contributed by atoms with Gasteiger partial charge in [-0.1, -0.05) is 23.2 Å². The first-order chi connectivity index (χ1) is 9.56. The van der Waals surface area contributed by atoms with Crippen molar-refractivity contribution in [1.82, 2.24) is 0 Å². The molecule has 0 aromatic heterocycles. The second-order valence-corrected chi connectivity index (χ2v) is 6.42. The fourth-order valence-corrected chi connectivity index (χ4v) is 3.17. The standard InChI is InChI=1S/C14H13Cl2NO2S/c15-10-1-6-13(16)14(9-10)20(18)8-7-19-12-4-2-11(17)3-5-12/h1-6,9H,7-8,17H2. The molecule has 0 saturated heterocycles. The van der Waals surface area contributed by atoms with Gasteiger partial charge in [-0.05, 0) is 42.5 Å². The van der Waals surface area contributed by atoms with Crippen LogP contribution in [0.15, 0.2) is 47.4 Å². The number of benzene rings is 2. The molecular weight excluding hydrogens is 317 g/mol. The molecule has 0 aliphatic rings. The average Bonchev–Trinajstić information content (AvgIpc) is 2.43. The van der Waals surface area contributed by atoms with Gasteiger partial charge < -0.3 is 10.5 Å². The number of anilines is 1. The monoisotopic (exact) mass is 329 g/mol. The van der Waals surface area contributed by atoms with Crippen LogP contribution in [0.3, 0.4) is 0 Å². The largest absolute Gasteiger partial charge is 0.493 e. The molecule has 0 aliphatic heterocycles. The van der Waals surface area contributed by atoms with E-state index in [0.29, 0.717) is 38.7 Å². The number of nitrogens with two attached hydrogens (primary N) is 1. The van der Waals surface area contributed by atoms with Gasteiger partial charge in [-0.3, -0.25) is 4.21 Å². The van der Waals surface area contributed by atoms with E-state index in [1.807, 2.05) is 0 Å². The average molecular weight is 330 g/mol. The summed E-state index contributed by atoms with van der Waals surface area (Å²) >= 11 is 11.9. The Morgan fingerprint density at radius 2 is 1.80 bits per heavy atom. The highest BCUT2D eigenvalue weighted by Gasteiger charge is 2.09. The predicted molar refractivity (Wildman–Crippen MR) is 84.1 cm³/mol. The molecule has 1 atom stereocenters. The molecule has 1 unspecified atom stereocenters. The van der Waals surface area contributed by atoms with Crippen molar-refractivity contribution in [1.29, 1.82) is 0 Å². The summed E-state index contributed by atoms with van der Waals surface area (Å²) in [5, 5.41) is 0.956. The molecule has 2 aromatic rings. The van der Waals surface area contributed by atoms with Crippen LogP contribution < -0.4 is 10.5 Å². The molecule has 0 bridgehead atoms. The van der Waals surface area contributed by atoms with Gasteiger partial charge in [-0.2, -0.15) is 0 Å². The van der Waals surface area contributed by atoms with Crippen molar-refractivity contribution < 1.29 is 8.95 Å². The van der Waals surface area contributed by atoms with Crippen molar-refractivity contribution in [2.75, 3.05) is 18.1 Å². The van der Waals surface area contributed by atoms with E-state index in [9.17, 15) is 4.21 Å². The first-order valence-electron chi connectivity index (χ1n) is 5.88. The molecule has 0 fully saturated rings. The lowest BCUT2D eigenvalue weighted by Gasteiger charge is -2.08. The summed E-state index contributed by atoms with van der Waals surface area (Å²) in [6.07, 6.45) is 0. The van der Waals surface area contributed by atoms with Crippen molar-refractivity contribution in [2.24, 2.45) is 0 Å². The third-order valence-electron chi connectivity index (χ3n) is 2.56. The van der Waals surface area contributed by atoms with Gasteiger partial charge in [-0.25, -0.2) is 0 Å². The normalized spacial score (nSPS) is 12.1. The number of nitrogen functional groups attached to an aromatic ring is 1. The molecular formula is C14H13Cl2NO2S. The van der Waals surface area contributed by atoms with Gasteiger partial charge >= 0.3 is 0 Å². The maximum absolute atomic E-state index is 12.1. The molecule has 20 heavy (non-hydrogen) atoms. The molecule has 0 aliphatic carbocycles. The van der Waals surface area contributed by atoms with E-state index in [-0.39, 0.29) is 0 Å². The van der Waals surface area contributed by atoms with Crippen LogP contribution in [0.5, 0.6) is 5.75 Å². The zero-order valence-electron chi connectivity index (χ0n) is 10.5. The number of rotatable bonds is 5. The minimum absolute atomic E-state index is 0.319. The van der Waals surface area contributed by atoms with Crippen LogP contribution in [0.25, 0.3) is 0 Å². The SMILES string of the molecule is Nc1ccc(OCCS(=O)c2cc(Cl)ccc2Cl)cc1. The lowest BCUT2D eigenvalue weighted by Crippen LogP contribution is -2.09. The van der Waals surface area contributed by atoms with Crippen molar-refractivity contribution in [3.8, 4) is 5.75 Å². The second-order valence-electron chi connectivity index (χ2n) is 4.04. The second kappa shape index (κ2) is 6.97. The summed E-state index contributed by atoms with van der Waals surface area (Å²) in [7, 11) is -1.25. The summed E-state index contributed by atoms with van der Waals surface area (Å²) in [4.78, 5) is 0.528. The zero-order chi connectivity index (χ0) is 14.5.